The predicted octanol–water partition coefficient (Wildman–Crippen LogP) is 2.89. The summed E-state index contributed by atoms with van der Waals surface area (Å²) in [4.78, 5) is 35.3. The van der Waals surface area contributed by atoms with Gasteiger partial charge in [0.25, 0.3) is 0 Å². The van der Waals surface area contributed by atoms with Gasteiger partial charge in [-0.15, -0.1) is 0 Å². The minimum absolute atomic E-state index is 0.0461. The number of amides is 2. The molecule has 2 aromatic rings. The van der Waals surface area contributed by atoms with Crippen LogP contribution in [-0.2, 0) is 14.3 Å². The Bertz CT molecular complexity index is 938. The number of hydrogen-bond donors (Lipinski definition) is 3. The molecule has 30 heavy (non-hydrogen) atoms. The molecule has 1 atom stereocenters. The highest BCUT2D eigenvalue weighted by Gasteiger charge is 2.36. The van der Waals surface area contributed by atoms with Gasteiger partial charge in [-0.1, -0.05) is 48.5 Å². The summed E-state index contributed by atoms with van der Waals surface area (Å²) in [6.45, 7) is 1.75. The molecule has 0 radical (unpaired) electrons. The van der Waals surface area contributed by atoms with Gasteiger partial charge in [0.05, 0.1) is 5.92 Å². The summed E-state index contributed by atoms with van der Waals surface area (Å²) in [5.74, 6) is -1.64. The Morgan fingerprint density at radius 1 is 1.03 bits per heavy atom. The molecule has 3 N–H and O–H groups in total. The molecule has 4 rings (SSSR count). The third kappa shape index (κ3) is 3.87. The largest absolute Gasteiger partial charge is 0.481 e. The third-order valence-electron chi connectivity index (χ3n) is 5.91. The summed E-state index contributed by atoms with van der Waals surface area (Å²) < 4.78 is 5.45. The van der Waals surface area contributed by atoms with Crippen LogP contribution >= 0.6 is 0 Å². The SMILES string of the molecule is C[C@@H](NC(=O)OCC1c2ccccc2-c2ccccc21)C(=O)NC1CC(C(=O)O)C1. The number of aliphatic carboxylic acids is 1. The second-order valence-corrected chi connectivity index (χ2v) is 7.90. The second kappa shape index (κ2) is 8.18. The number of alkyl carbamates (subject to hydrolysis) is 1. The number of hydrogen-bond acceptors (Lipinski definition) is 4. The Kier molecular flexibility index (Phi) is 5.44. The number of carbonyl (C=O) groups excluding carboxylic acids is 2. The molecule has 0 aliphatic heterocycles. The number of ether oxygens (including phenoxy) is 1. The lowest BCUT2D eigenvalue weighted by atomic mass is 9.80. The average Bonchev–Trinajstić information content (AvgIpc) is 3.02. The van der Waals surface area contributed by atoms with E-state index in [1.54, 1.807) is 6.92 Å². The van der Waals surface area contributed by atoms with Crippen molar-refractivity contribution in [3.05, 3.63) is 59.7 Å². The normalized spacial score (nSPS) is 20.3. The summed E-state index contributed by atoms with van der Waals surface area (Å²) in [6, 6.07) is 15.2. The number of nitrogens with one attached hydrogen (secondary N) is 2. The maximum absolute atomic E-state index is 12.3. The predicted molar refractivity (Wildman–Crippen MR) is 110 cm³/mol. The lowest BCUT2D eigenvalue weighted by molar-refractivity contribution is -0.146. The van der Waals surface area contributed by atoms with E-state index in [0.717, 1.165) is 22.3 Å². The number of rotatable bonds is 6. The van der Waals surface area contributed by atoms with Crippen molar-refractivity contribution >= 4 is 18.0 Å². The number of carboxylic acid groups (broad SMARTS) is 1. The van der Waals surface area contributed by atoms with Gasteiger partial charge in [0.15, 0.2) is 0 Å². The molecule has 7 heteroatoms. The standard InChI is InChI=1S/C23H24N2O5/c1-13(21(26)25-15-10-14(11-15)22(27)28)24-23(29)30-12-20-18-8-4-2-6-16(18)17-7-3-5-9-19(17)20/h2-9,13-15,20H,10-12H2,1H3,(H,24,29)(H,25,26)(H,27,28)/t13-,14?,15?/m1/s1. The Labute approximate surface area is 174 Å². The fraction of sp³-hybridized carbons (Fsp3) is 0.348. The second-order valence-electron chi connectivity index (χ2n) is 7.90. The fourth-order valence-electron chi connectivity index (χ4n) is 4.15. The van der Waals surface area contributed by atoms with Crippen LogP contribution in [0.1, 0.15) is 36.8 Å². The molecule has 0 bridgehead atoms. The highest BCUT2D eigenvalue weighted by atomic mass is 16.5. The van der Waals surface area contributed by atoms with Gasteiger partial charge in [0.2, 0.25) is 5.91 Å². The van der Waals surface area contributed by atoms with Gasteiger partial charge < -0.3 is 20.5 Å². The van der Waals surface area contributed by atoms with Gasteiger partial charge in [-0.2, -0.15) is 0 Å². The molecule has 1 fully saturated rings. The molecular formula is C23H24N2O5. The van der Waals surface area contributed by atoms with Crippen LogP contribution in [0.15, 0.2) is 48.5 Å². The summed E-state index contributed by atoms with van der Waals surface area (Å²) in [7, 11) is 0. The minimum atomic E-state index is -0.842. The first-order valence-electron chi connectivity index (χ1n) is 10.1. The van der Waals surface area contributed by atoms with Crippen LogP contribution in [0.5, 0.6) is 0 Å². The molecule has 2 amide bonds. The van der Waals surface area contributed by atoms with Crippen LogP contribution in [0, 0.1) is 5.92 Å². The molecule has 2 aromatic carbocycles. The highest BCUT2D eigenvalue weighted by molar-refractivity contribution is 5.86. The summed E-state index contributed by atoms with van der Waals surface area (Å²) >= 11 is 0. The molecule has 0 heterocycles. The Morgan fingerprint density at radius 3 is 2.17 bits per heavy atom. The van der Waals surface area contributed by atoms with Gasteiger partial charge in [0, 0.05) is 12.0 Å². The molecule has 156 valence electrons. The zero-order chi connectivity index (χ0) is 21.3. The number of benzene rings is 2. The third-order valence-corrected chi connectivity index (χ3v) is 5.91. The van der Waals surface area contributed by atoms with Crippen molar-refractivity contribution in [2.24, 2.45) is 5.92 Å². The Morgan fingerprint density at radius 2 is 1.60 bits per heavy atom. The Hall–Kier alpha value is -3.35. The lowest BCUT2D eigenvalue weighted by Gasteiger charge is -2.33. The van der Waals surface area contributed by atoms with E-state index in [2.05, 4.69) is 22.8 Å². The van der Waals surface area contributed by atoms with Crippen molar-refractivity contribution in [3.63, 3.8) is 0 Å². The molecule has 2 aliphatic rings. The van der Waals surface area contributed by atoms with Crippen LogP contribution in [-0.4, -0.2) is 41.8 Å². The van der Waals surface area contributed by atoms with Gasteiger partial charge in [-0.05, 0) is 42.0 Å². The molecule has 2 aliphatic carbocycles. The van der Waals surface area contributed by atoms with Crippen LogP contribution < -0.4 is 10.6 Å². The maximum atomic E-state index is 12.3. The van der Waals surface area contributed by atoms with Crippen molar-refractivity contribution in [1.82, 2.24) is 10.6 Å². The average molecular weight is 408 g/mol. The van der Waals surface area contributed by atoms with E-state index in [4.69, 9.17) is 9.84 Å². The zero-order valence-electron chi connectivity index (χ0n) is 16.6. The molecule has 1 saturated carbocycles. The maximum Gasteiger partial charge on any atom is 0.407 e. The number of carbonyl (C=O) groups is 3. The van der Waals surface area contributed by atoms with E-state index < -0.39 is 24.0 Å². The van der Waals surface area contributed by atoms with Gasteiger partial charge in [-0.25, -0.2) is 4.79 Å². The van der Waals surface area contributed by atoms with Crippen molar-refractivity contribution in [2.75, 3.05) is 6.61 Å². The topological polar surface area (TPSA) is 105 Å². The van der Waals surface area contributed by atoms with Crippen molar-refractivity contribution < 1.29 is 24.2 Å². The molecular weight excluding hydrogens is 384 g/mol. The van der Waals surface area contributed by atoms with E-state index >= 15 is 0 Å². The Balaban J connectivity index is 1.30. The number of carboxylic acids is 1. The molecule has 0 aromatic heterocycles. The number of fused-ring (bicyclic) bond motifs is 3. The van der Waals surface area contributed by atoms with Crippen LogP contribution in [0.4, 0.5) is 4.79 Å². The zero-order valence-corrected chi connectivity index (χ0v) is 16.6. The quantitative estimate of drug-likeness (QED) is 0.682. The first-order chi connectivity index (χ1) is 14.4. The van der Waals surface area contributed by atoms with E-state index in [9.17, 15) is 14.4 Å². The van der Waals surface area contributed by atoms with Crippen molar-refractivity contribution in [3.8, 4) is 11.1 Å². The smallest absolute Gasteiger partial charge is 0.407 e. The van der Waals surface area contributed by atoms with Gasteiger partial charge in [-0.3, -0.25) is 9.59 Å². The molecule has 0 unspecified atom stereocenters. The van der Waals surface area contributed by atoms with E-state index in [1.807, 2.05) is 36.4 Å². The van der Waals surface area contributed by atoms with E-state index in [-0.39, 0.29) is 24.5 Å². The fourth-order valence-corrected chi connectivity index (χ4v) is 4.15. The summed E-state index contributed by atoms with van der Waals surface area (Å²) in [5.41, 5.74) is 4.54. The van der Waals surface area contributed by atoms with Crippen molar-refractivity contribution in [2.45, 2.75) is 37.8 Å². The highest BCUT2D eigenvalue weighted by Crippen LogP contribution is 2.44. The van der Waals surface area contributed by atoms with Gasteiger partial charge in [0.1, 0.15) is 12.6 Å². The summed E-state index contributed by atoms with van der Waals surface area (Å²) in [5, 5.41) is 14.2. The molecule has 0 spiro atoms. The summed E-state index contributed by atoms with van der Waals surface area (Å²) in [6.07, 6.45) is 0.175. The van der Waals surface area contributed by atoms with Crippen molar-refractivity contribution in [1.29, 1.82) is 0 Å². The van der Waals surface area contributed by atoms with E-state index in [1.165, 1.54) is 0 Å². The van der Waals surface area contributed by atoms with Gasteiger partial charge >= 0.3 is 12.1 Å². The minimum Gasteiger partial charge on any atom is -0.481 e. The van der Waals surface area contributed by atoms with Crippen LogP contribution in [0.25, 0.3) is 11.1 Å². The lowest BCUT2D eigenvalue weighted by Crippen LogP contribution is -2.52. The molecule has 7 nitrogen and oxygen atoms in total. The van der Waals surface area contributed by atoms with Crippen LogP contribution in [0.2, 0.25) is 0 Å². The first-order valence-corrected chi connectivity index (χ1v) is 10.1. The monoisotopic (exact) mass is 408 g/mol. The molecule has 0 saturated heterocycles. The van der Waals surface area contributed by atoms with Crippen LogP contribution in [0.3, 0.4) is 0 Å². The first kappa shape index (κ1) is 19.9. The van der Waals surface area contributed by atoms with E-state index in [0.29, 0.717) is 12.8 Å².